The SMILES string of the molecule is Cc1cc(C=NNC(=O)COc2cccc3cccnc23)c(C)n1-c1ccc(C(C)(C)C)cc1. The first kappa shape index (κ1) is 23.2. The monoisotopic (exact) mass is 454 g/mol. The lowest BCUT2D eigenvalue weighted by Crippen LogP contribution is -2.24. The van der Waals surface area contributed by atoms with E-state index in [1.165, 1.54) is 5.56 Å². The van der Waals surface area contributed by atoms with Crippen molar-refractivity contribution in [3.05, 3.63) is 89.4 Å². The Hall–Kier alpha value is -3.93. The highest BCUT2D eigenvalue weighted by Gasteiger charge is 2.15. The number of nitrogens with one attached hydrogen (secondary N) is 1. The number of amides is 1. The molecule has 174 valence electrons. The molecule has 34 heavy (non-hydrogen) atoms. The number of fused-ring (bicyclic) bond motifs is 1. The summed E-state index contributed by atoms with van der Waals surface area (Å²) in [5.74, 6) is 0.231. The third-order valence-electron chi connectivity index (χ3n) is 5.81. The molecule has 1 amide bonds. The Morgan fingerprint density at radius 1 is 1.09 bits per heavy atom. The second kappa shape index (κ2) is 9.51. The molecule has 0 unspecified atom stereocenters. The topological polar surface area (TPSA) is 68.5 Å². The van der Waals surface area contributed by atoms with E-state index in [2.05, 4.69) is 78.1 Å². The summed E-state index contributed by atoms with van der Waals surface area (Å²) in [4.78, 5) is 16.6. The molecule has 0 bridgehead atoms. The second-order valence-corrected chi connectivity index (χ2v) is 9.37. The Morgan fingerprint density at radius 3 is 2.56 bits per heavy atom. The van der Waals surface area contributed by atoms with Gasteiger partial charge in [0, 0.05) is 34.2 Å². The first-order valence-corrected chi connectivity index (χ1v) is 11.3. The van der Waals surface area contributed by atoms with Crippen molar-refractivity contribution < 1.29 is 9.53 Å². The van der Waals surface area contributed by atoms with Crippen LogP contribution in [-0.4, -0.2) is 28.3 Å². The van der Waals surface area contributed by atoms with Crippen LogP contribution in [0.1, 0.15) is 43.3 Å². The first-order chi connectivity index (χ1) is 16.2. The molecule has 4 rings (SSSR count). The summed E-state index contributed by atoms with van der Waals surface area (Å²) in [5.41, 5.74) is 8.87. The molecule has 0 atom stereocenters. The summed E-state index contributed by atoms with van der Waals surface area (Å²) in [6.45, 7) is 10.6. The van der Waals surface area contributed by atoms with E-state index < -0.39 is 0 Å². The zero-order valence-corrected chi connectivity index (χ0v) is 20.3. The van der Waals surface area contributed by atoms with Crippen molar-refractivity contribution in [3.63, 3.8) is 0 Å². The summed E-state index contributed by atoms with van der Waals surface area (Å²) < 4.78 is 7.86. The highest BCUT2D eigenvalue weighted by molar-refractivity contribution is 5.86. The molecule has 0 saturated carbocycles. The van der Waals surface area contributed by atoms with Gasteiger partial charge in [-0.15, -0.1) is 0 Å². The highest BCUT2D eigenvalue weighted by atomic mass is 16.5. The minimum absolute atomic E-state index is 0.114. The summed E-state index contributed by atoms with van der Waals surface area (Å²) >= 11 is 0. The van der Waals surface area contributed by atoms with Crippen molar-refractivity contribution in [3.8, 4) is 11.4 Å². The molecule has 2 heterocycles. The number of carbonyl (C=O) groups excluding carboxylic acids is 1. The van der Waals surface area contributed by atoms with E-state index in [1.807, 2.05) is 31.2 Å². The number of hydrogen-bond donors (Lipinski definition) is 1. The quantitative estimate of drug-likeness (QED) is 0.310. The van der Waals surface area contributed by atoms with Gasteiger partial charge in [0.1, 0.15) is 11.3 Å². The van der Waals surface area contributed by atoms with Crippen LogP contribution in [-0.2, 0) is 10.2 Å². The van der Waals surface area contributed by atoms with Crippen LogP contribution >= 0.6 is 0 Å². The van der Waals surface area contributed by atoms with E-state index in [0.717, 1.165) is 33.5 Å². The number of benzene rings is 2. The molecule has 6 heteroatoms. The summed E-state index contributed by atoms with van der Waals surface area (Å²) in [7, 11) is 0. The van der Waals surface area contributed by atoms with Gasteiger partial charge in [0.15, 0.2) is 6.61 Å². The van der Waals surface area contributed by atoms with Gasteiger partial charge in [-0.3, -0.25) is 9.78 Å². The van der Waals surface area contributed by atoms with Gasteiger partial charge in [0.05, 0.1) is 6.21 Å². The minimum Gasteiger partial charge on any atom is -0.481 e. The average Bonchev–Trinajstić information content (AvgIpc) is 3.10. The molecule has 0 aliphatic carbocycles. The number of aromatic nitrogens is 2. The number of hydrazone groups is 1. The van der Waals surface area contributed by atoms with E-state index in [4.69, 9.17) is 4.74 Å². The Bertz CT molecular complexity index is 1340. The number of rotatable bonds is 6. The largest absolute Gasteiger partial charge is 0.481 e. The molecular formula is C28H30N4O2. The Balaban J connectivity index is 1.41. The van der Waals surface area contributed by atoms with Crippen molar-refractivity contribution in [1.82, 2.24) is 15.0 Å². The lowest BCUT2D eigenvalue weighted by molar-refractivity contribution is -0.123. The van der Waals surface area contributed by atoms with Crippen molar-refractivity contribution in [2.45, 2.75) is 40.0 Å². The number of hydrogen-bond acceptors (Lipinski definition) is 4. The third-order valence-corrected chi connectivity index (χ3v) is 5.81. The third kappa shape index (κ3) is 5.01. The Morgan fingerprint density at radius 2 is 1.82 bits per heavy atom. The first-order valence-electron chi connectivity index (χ1n) is 11.3. The molecule has 1 N–H and O–H groups in total. The zero-order chi connectivity index (χ0) is 24.3. The highest BCUT2D eigenvalue weighted by Crippen LogP contribution is 2.26. The summed E-state index contributed by atoms with van der Waals surface area (Å²) in [5, 5.41) is 5.10. The number of aryl methyl sites for hydroxylation is 1. The van der Waals surface area contributed by atoms with Crippen molar-refractivity contribution in [2.24, 2.45) is 5.10 Å². The molecule has 0 saturated heterocycles. The fraction of sp³-hybridized carbons (Fsp3) is 0.250. The Kier molecular flexibility index (Phi) is 6.50. The van der Waals surface area contributed by atoms with Gasteiger partial charge in [-0.2, -0.15) is 5.10 Å². The van der Waals surface area contributed by atoms with Gasteiger partial charge in [-0.05, 0) is 55.2 Å². The van der Waals surface area contributed by atoms with E-state index >= 15 is 0 Å². The molecule has 4 aromatic rings. The lowest BCUT2D eigenvalue weighted by atomic mass is 9.87. The maximum Gasteiger partial charge on any atom is 0.277 e. The van der Waals surface area contributed by atoms with Crippen molar-refractivity contribution in [2.75, 3.05) is 6.61 Å². The van der Waals surface area contributed by atoms with E-state index in [1.54, 1.807) is 18.5 Å². The fourth-order valence-electron chi connectivity index (χ4n) is 3.97. The van der Waals surface area contributed by atoms with Crippen LogP contribution in [0.25, 0.3) is 16.6 Å². The van der Waals surface area contributed by atoms with Gasteiger partial charge >= 0.3 is 0 Å². The van der Waals surface area contributed by atoms with E-state index in [0.29, 0.717) is 5.75 Å². The van der Waals surface area contributed by atoms with Crippen LogP contribution in [0.3, 0.4) is 0 Å². The number of nitrogens with zero attached hydrogens (tertiary/aromatic N) is 3. The number of ether oxygens (including phenoxy) is 1. The van der Waals surface area contributed by atoms with Crippen LogP contribution in [0.5, 0.6) is 5.75 Å². The van der Waals surface area contributed by atoms with Crippen LogP contribution < -0.4 is 10.2 Å². The number of pyridine rings is 1. The average molecular weight is 455 g/mol. The molecule has 0 radical (unpaired) electrons. The minimum atomic E-state index is -0.337. The zero-order valence-electron chi connectivity index (χ0n) is 20.3. The molecule has 0 fully saturated rings. The van der Waals surface area contributed by atoms with Gasteiger partial charge < -0.3 is 9.30 Å². The van der Waals surface area contributed by atoms with Crippen LogP contribution in [0, 0.1) is 13.8 Å². The Labute approximate surface area is 200 Å². The molecular weight excluding hydrogens is 424 g/mol. The van der Waals surface area contributed by atoms with Gasteiger partial charge in [0.25, 0.3) is 5.91 Å². The van der Waals surface area contributed by atoms with Crippen molar-refractivity contribution in [1.29, 1.82) is 0 Å². The maximum absolute atomic E-state index is 12.3. The van der Waals surface area contributed by atoms with Crippen molar-refractivity contribution >= 4 is 23.0 Å². The van der Waals surface area contributed by atoms with Crippen LogP contribution in [0.2, 0.25) is 0 Å². The molecule has 0 aliphatic heterocycles. The smallest absolute Gasteiger partial charge is 0.277 e. The molecule has 6 nitrogen and oxygen atoms in total. The van der Waals surface area contributed by atoms with E-state index in [-0.39, 0.29) is 17.9 Å². The molecule has 2 aromatic heterocycles. The van der Waals surface area contributed by atoms with Gasteiger partial charge in [-0.25, -0.2) is 5.43 Å². The normalized spacial score (nSPS) is 11.8. The van der Waals surface area contributed by atoms with E-state index in [9.17, 15) is 4.79 Å². The molecule has 2 aromatic carbocycles. The molecule has 0 aliphatic rings. The van der Waals surface area contributed by atoms with Crippen LogP contribution in [0.4, 0.5) is 0 Å². The number of carbonyl (C=O) groups is 1. The number of para-hydroxylation sites is 1. The second-order valence-electron chi connectivity index (χ2n) is 9.37. The standard InChI is InChI=1S/C28H30N4O2/c1-19-16-22(20(2)32(19)24-13-11-23(12-14-24)28(3,4)5)17-30-31-26(33)18-34-25-10-6-8-21-9-7-15-29-27(21)25/h6-17H,18H2,1-5H3,(H,31,33). The maximum atomic E-state index is 12.3. The van der Waals surface area contributed by atoms with Crippen LogP contribution in [0.15, 0.2) is 72.0 Å². The predicted molar refractivity (Wildman–Crippen MR) is 137 cm³/mol. The summed E-state index contributed by atoms with van der Waals surface area (Å²) in [6, 6.07) is 20.1. The van der Waals surface area contributed by atoms with Gasteiger partial charge in [-0.1, -0.05) is 51.1 Å². The fourth-order valence-corrected chi connectivity index (χ4v) is 3.97. The van der Waals surface area contributed by atoms with Gasteiger partial charge in [0.2, 0.25) is 0 Å². The molecule has 0 spiro atoms. The predicted octanol–water partition coefficient (Wildman–Crippen LogP) is 5.47. The summed E-state index contributed by atoms with van der Waals surface area (Å²) in [6.07, 6.45) is 3.37. The lowest BCUT2D eigenvalue weighted by Gasteiger charge is -2.20.